The van der Waals surface area contributed by atoms with Crippen LogP contribution in [-0.2, 0) is 16.0 Å². The van der Waals surface area contributed by atoms with E-state index < -0.39 is 0 Å². The number of aryl methyl sites for hydroxylation is 1. The quantitative estimate of drug-likeness (QED) is 0.629. The predicted octanol–water partition coefficient (Wildman–Crippen LogP) is 3.69. The number of fused-ring (bicyclic) bond motifs is 2. The molecule has 3 atom stereocenters. The Kier molecular flexibility index (Phi) is 5.56. The van der Waals surface area contributed by atoms with Crippen molar-refractivity contribution in [2.45, 2.75) is 31.3 Å². The maximum Gasteiger partial charge on any atom is 0.157 e. The molecular weight excluding hydrogens is 412 g/mol. The van der Waals surface area contributed by atoms with Crippen molar-refractivity contribution in [2.24, 2.45) is 5.92 Å². The molecule has 6 heteroatoms. The lowest BCUT2D eigenvalue weighted by molar-refractivity contribution is -0.129. The van der Waals surface area contributed by atoms with Crippen molar-refractivity contribution in [3.63, 3.8) is 0 Å². The SMILES string of the molecule is O=C(C1CCOC1)C(C1CCc2ccccc2N1)N1CCN(c2cccc3[nH]ccc23)CC1. The lowest BCUT2D eigenvalue weighted by atomic mass is 9.86. The fourth-order valence-corrected chi connectivity index (χ4v) is 5.92. The summed E-state index contributed by atoms with van der Waals surface area (Å²) < 4.78 is 5.60. The third-order valence-electron chi connectivity index (χ3n) is 7.71. The zero-order chi connectivity index (χ0) is 22.2. The topological polar surface area (TPSA) is 60.6 Å². The van der Waals surface area contributed by atoms with Gasteiger partial charge in [0.2, 0.25) is 0 Å². The number of carbonyl (C=O) groups is 1. The van der Waals surface area contributed by atoms with Gasteiger partial charge < -0.3 is 19.9 Å². The Morgan fingerprint density at radius 3 is 2.73 bits per heavy atom. The number of ether oxygens (including phenoxy) is 1. The summed E-state index contributed by atoms with van der Waals surface area (Å²) in [4.78, 5) is 22.0. The number of anilines is 2. The van der Waals surface area contributed by atoms with Crippen LogP contribution in [0.3, 0.4) is 0 Å². The Labute approximate surface area is 194 Å². The highest BCUT2D eigenvalue weighted by Gasteiger charge is 2.40. The van der Waals surface area contributed by atoms with Crippen molar-refractivity contribution < 1.29 is 9.53 Å². The second-order valence-corrected chi connectivity index (χ2v) is 9.59. The molecule has 3 aromatic rings. The molecule has 0 radical (unpaired) electrons. The summed E-state index contributed by atoms with van der Waals surface area (Å²) in [5.41, 5.74) is 5.00. The van der Waals surface area contributed by atoms with E-state index in [-0.39, 0.29) is 18.0 Å². The van der Waals surface area contributed by atoms with E-state index in [2.05, 4.69) is 68.6 Å². The van der Waals surface area contributed by atoms with Gasteiger partial charge in [0.15, 0.2) is 5.78 Å². The van der Waals surface area contributed by atoms with Crippen LogP contribution in [0.2, 0.25) is 0 Å². The summed E-state index contributed by atoms with van der Waals surface area (Å²) in [6.45, 7) is 4.93. The van der Waals surface area contributed by atoms with Crippen molar-refractivity contribution in [2.75, 3.05) is 49.6 Å². The second kappa shape index (κ2) is 8.84. The average Bonchev–Trinajstić information content (AvgIpc) is 3.57. The first-order valence-electron chi connectivity index (χ1n) is 12.3. The van der Waals surface area contributed by atoms with E-state index in [9.17, 15) is 4.79 Å². The number of para-hydroxylation sites is 1. The standard InChI is InChI=1S/C27H32N4O2/c32-27(20-11-17-33-18-20)26(24-9-8-19-4-1-2-5-22(19)29-24)31-15-13-30(14-16-31)25-7-3-6-23-21(25)10-12-28-23/h1-7,10,12,20,24,26,28-29H,8-9,11,13-18H2. The molecule has 6 rings (SSSR count). The van der Waals surface area contributed by atoms with E-state index in [1.165, 1.54) is 27.8 Å². The molecule has 3 unspecified atom stereocenters. The van der Waals surface area contributed by atoms with E-state index >= 15 is 0 Å². The van der Waals surface area contributed by atoms with Crippen LogP contribution >= 0.6 is 0 Å². The molecule has 0 spiro atoms. The molecule has 2 aromatic carbocycles. The first kappa shape index (κ1) is 20.8. The maximum atomic E-state index is 13.8. The number of H-pyrrole nitrogens is 1. The molecule has 172 valence electrons. The number of rotatable bonds is 5. The van der Waals surface area contributed by atoms with Gasteiger partial charge in [-0.2, -0.15) is 0 Å². The first-order chi connectivity index (χ1) is 16.3. The lowest BCUT2D eigenvalue weighted by Gasteiger charge is -2.44. The van der Waals surface area contributed by atoms with E-state index in [4.69, 9.17) is 4.74 Å². The van der Waals surface area contributed by atoms with Crippen LogP contribution in [0.5, 0.6) is 0 Å². The van der Waals surface area contributed by atoms with Crippen LogP contribution in [0.25, 0.3) is 10.9 Å². The number of nitrogens with one attached hydrogen (secondary N) is 2. The number of hydrogen-bond acceptors (Lipinski definition) is 5. The molecule has 33 heavy (non-hydrogen) atoms. The number of benzene rings is 2. The van der Waals surface area contributed by atoms with Crippen LogP contribution < -0.4 is 10.2 Å². The van der Waals surface area contributed by atoms with Crippen LogP contribution in [0, 0.1) is 5.92 Å². The largest absolute Gasteiger partial charge is 0.381 e. The highest BCUT2D eigenvalue weighted by atomic mass is 16.5. The average molecular weight is 445 g/mol. The fourth-order valence-electron chi connectivity index (χ4n) is 5.92. The zero-order valence-corrected chi connectivity index (χ0v) is 19.0. The molecule has 0 aliphatic carbocycles. The van der Waals surface area contributed by atoms with E-state index in [0.717, 1.165) is 45.4 Å². The van der Waals surface area contributed by atoms with Crippen molar-refractivity contribution >= 4 is 28.1 Å². The molecule has 3 aliphatic rings. The van der Waals surface area contributed by atoms with Gasteiger partial charge in [-0.15, -0.1) is 0 Å². The number of ketones is 1. The van der Waals surface area contributed by atoms with Crippen LogP contribution in [0.1, 0.15) is 18.4 Å². The molecular formula is C27H32N4O2. The Morgan fingerprint density at radius 2 is 1.88 bits per heavy atom. The van der Waals surface area contributed by atoms with Gasteiger partial charge in [0.1, 0.15) is 0 Å². The Hall–Kier alpha value is -2.83. The van der Waals surface area contributed by atoms with Gasteiger partial charge in [-0.05, 0) is 49.1 Å². The number of aromatic nitrogens is 1. The molecule has 0 saturated carbocycles. The molecule has 4 heterocycles. The van der Waals surface area contributed by atoms with Crippen LogP contribution in [-0.4, -0.2) is 67.1 Å². The molecule has 2 saturated heterocycles. The molecule has 2 fully saturated rings. The smallest absolute Gasteiger partial charge is 0.157 e. The summed E-state index contributed by atoms with van der Waals surface area (Å²) in [5.74, 6) is 0.395. The Balaban J connectivity index is 1.22. The number of carbonyl (C=O) groups excluding carboxylic acids is 1. The van der Waals surface area contributed by atoms with Gasteiger partial charge in [0.25, 0.3) is 0 Å². The highest BCUT2D eigenvalue weighted by molar-refractivity contribution is 5.92. The summed E-state index contributed by atoms with van der Waals surface area (Å²) in [6.07, 6.45) is 4.88. The Bertz CT molecular complexity index is 1130. The normalized spacial score (nSPS) is 24.4. The highest BCUT2D eigenvalue weighted by Crippen LogP contribution is 2.32. The molecule has 1 aromatic heterocycles. The predicted molar refractivity (Wildman–Crippen MR) is 132 cm³/mol. The maximum absolute atomic E-state index is 13.8. The molecule has 6 nitrogen and oxygen atoms in total. The molecule has 0 bridgehead atoms. The number of nitrogens with zero attached hydrogens (tertiary/aromatic N) is 2. The van der Waals surface area contributed by atoms with Gasteiger partial charge in [0.05, 0.1) is 12.6 Å². The van der Waals surface area contributed by atoms with Gasteiger partial charge in [-0.1, -0.05) is 24.3 Å². The van der Waals surface area contributed by atoms with E-state index in [1.807, 2.05) is 6.20 Å². The molecule has 0 amide bonds. The lowest BCUT2D eigenvalue weighted by Crippen LogP contribution is -2.60. The van der Waals surface area contributed by atoms with Crippen molar-refractivity contribution in [3.8, 4) is 0 Å². The summed E-state index contributed by atoms with van der Waals surface area (Å²) in [7, 11) is 0. The van der Waals surface area contributed by atoms with E-state index in [1.54, 1.807) is 0 Å². The van der Waals surface area contributed by atoms with Crippen molar-refractivity contribution in [1.82, 2.24) is 9.88 Å². The summed E-state index contributed by atoms with van der Waals surface area (Å²) >= 11 is 0. The van der Waals surface area contributed by atoms with Gasteiger partial charge in [-0.25, -0.2) is 0 Å². The van der Waals surface area contributed by atoms with Crippen LogP contribution in [0.4, 0.5) is 11.4 Å². The number of Topliss-reactive ketones (excluding diaryl/α,β-unsaturated/α-hetero) is 1. The monoisotopic (exact) mass is 444 g/mol. The van der Waals surface area contributed by atoms with Gasteiger partial charge in [0, 0.05) is 73.2 Å². The first-order valence-corrected chi connectivity index (χ1v) is 12.3. The summed E-state index contributed by atoms with van der Waals surface area (Å²) in [5, 5.41) is 5.01. The van der Waals surface area contributed by atoms with Gasteiger partial charge >= 0.3 is 0 Å². The van der Waals surface area contributed by atoms with Gasteiger partial charge in [-0.3, -0.25) is 9.69 Å². The molecule has 3 aliphatic heterocycles. The third-order valence-corrected chi connectivity index (χ3v) is 7.71. The summed E-state index contributed by atoms with van der Waals surface area (Å²) in [6, 6.07) is 17.2. The van der Waals surface area contributed by atoms with E-state index in [0.29, 0.717) is 19.0 Å². The fraction of sp³-hybridized carbons (Fsp3) is 0.444. The number of aromatic amines is 1. The molecule has 2 N–H and O–H groups in total. The minimum Gasteiger partial charge on any atom is -0.381 e. The number of hydrogen-bond donors (Lipinski definition) is 2. The minimum atomic E-state index is -0.102. The zero-order valence-electron chi connectivity index (χ0n) is 19.0. The third kappa shape index (κ3) is 3.91. The minimum absolute atomic E-state index is 0.0283. The second-order valence-electron chi connectivity index (χ2n) is 9.59. The number of piperazine rings is 1. The van der Waals surface area contributed by atoms with Crippen LogP contribution in [0.15, 0.2) is 54.7 Å². The van der Waals surface area contributed by atoms with Crippen molar-refractivity contribution in [3.05, 3.63) is 60.3 Å². The Morgan fingerprint density at radius 1 is 1.00 bits per heavy atom. The van der Waals surface area contributed by atoms with Crippen molar-refractivity contribution in [1.29, 1.82) is 0 Å².